The minimum atomic E-state index is -0.904. The standard InChI is InChI=1S/C19H26N2O3S/c22-18(23)13-15-14-25-17-8-3-2-7-16(17)21(19(15)24)12-6-11-20-9-4-1-5-10-20/h2-3,7-8,15H,1,4-6,9-14H2,(H,22,23). The molecule has 1 fully saturated rings. The van der Waals surface area contributed by atoms with Crippen molar-refractivity contribution in [2.24, 2.45) is 5.92 Å². The van der Waals surface area contributed by atoms with Crippen LogP contribution < -0.4 is 4.90 Å². The molecule has 0 aliphatic carbocycles. The predicted octanol–water partition coefficient (Wildman–Crippen LogP) is 3.09. The zero-order valence-corrected chi connectivity index (χ0v) is 15.3. The molecule has 2 aliphatic heterocycles. The molecular formula is C19H26N2O3S. The molecule has 2 aliphatic rings. The van der Waals surface area contributed by atoms with Crippen LogP contribution in [0.25, 0.3) is 0 Å². The number of carbonyl (C=O) groups excluding carboxylic acids is 1. The van der Waals surface area contributed by atoms with Gasteiger partial charge in [-0.25, -0.2) is 0 Å². The van der Waals surface area contributed by atoms with Crippen molar-refractivity contribution >= 4 is 29.3 Å². The zero-order chi connectivity index (χ0) is 17.6. The lowest BCUT2D eigenvalue weighted by Crippen LogP contribution is -2.39. The molecule has 2 heterocycles. The first-order valence-electron chi connectivity index (χ1n) is 9.12. The van der Waals surface area contributed by atoms with Crippen molar-refractivity contribution in [3.63, 3.8) is 0 Å². The Bertz CT molecular complexity index is 616. The quantitative estimate of drug-likeness (QED) is 0.843. The van der Waals surface area contributed by atoms with Gasteiger partial charge in [-0.2, -0.15) is 0 Å². The number of amides is 1. The van der Waals surface area contributed by atoms with E-state index in [-0.39, 0.29) is 12.3 Å². The zero-order valence-electron chi connectivity index (χ0n) is 14.5. The van der Waals surface area contributed by atoms with Crippen LogP contribution in [-0.2, 0) is 9.59 Å². The molecule has 0 saturated carbocycles. The highest BCUT2D eigenvalue weighted by atomic mass is 32.2. The van der Waals surface area contributed by atoms with Crippen LogP contribution in [0, 0.1) is 5.92 Å². The average Bonchev–Trinajstić information content (AvgIpc) is 2.74. The number of nitrogens with zero attached hydrogens (tertiary/aromatic N) is 2. The van der Waals surface area contributed by atoms with Gasteiger partial charge in [-0.15, -0.1) is 11.8 Å². The Balaban J connectivity index is 1.70. The summed E-state index contributed by atoms with van der Waals surface area (Å²) in [6, 6.07) is 7.92. The van der Waals surface area contributed by atoms with E-state index in [0.717, 1.165) is 36.6 Å². The molecule has 1 N–H and O–H groups in total. The van der Waals surface area contributed by atoms with Gasteiger partial charge in [0.05, 0.1) is 18.0 Å². The summed E-state index contributed by atoms with van der Waals surface area (Å²) in [4.78, 5) is 29.5. The first kappa shape index (κ1) is 18.3. The molecule has 1 aromatic rings. The number of benzene rings is 1. The van der Waals surface area contributed by atoms with Crippen molar-refractivity contribution in [1.29, 1.82) is 0 Å². The Kier molecular flexibility index (Phi) is 6.37. The molecule has 1 saturated heterocycles. The summed E-state index contributed by atoms with van der Waals surface area (Å²) < 4.78 is 0. The molecule has 6 heteroatoms. The molecule has 1 aromatic carbocycles. The Hall–Kier alpha value is -1.53. The molecule has 136 valence electrons. The SMILES string of the molecule is O=C(O)CC1CSc2ccccc2N(CCCN2CCCCC2)C1=O. The second-order valence-electron chi connectivity index (χ2n) is 6.82. The molecule has 3 rings (SSSR count). The van der Waals surface area contributed by atoms with E-state index < -0.39 is 11.9 Å². The maximum Gasteiger partial charge on any atom is 0.304 e. The second kappa shape index (κ2) is 8.72. The molecule has 1 amide bonds. The summed E-state index contributed by atoms with van der Waals surface area (Å²) in [5.74, 6) is -0.869. The summed E-state index contributed by atoms with van der Waals surface area (Å²) in [5.41, 5.74) is 0.934. The van der Waals surface area contributed by atoms with Crippen LogP contribution in [-0.4, -0.2) is 53.8 Å². The van der Waals surface area contributed by atoms with E-state index in [0.29, 0.717) is 12.3 Å². The summed E-state index contributed by atoms with van der Waals surface area (Å²) >= 11 is 1.59. The molecule has 0 aromatic heterocycles. The number of aliphatic carboxylic acids is 1. The van der Waals surface area contributed by atoms with E-state index in [9.17, 15) is 9.59 Å². The lowest BCUT2D eigenvalue weighted by molar-refractivity contribution is -0.140. The van der Waals surface area contributed by atoms with Gasteiger partial charge < -0.3 is 14.9 Å². The smallest absolute Gasteiger partial charge is 0.304 e. The minimum absolute atomic E-state index is 0.0431. The third-order valence-corrected chi connectivity index (χ3v) is 6.16. The van der Waals surface area contributed by atoms with Gasteiger partial charge in [0.2, 0.25) is 5.91 Å². The van der Waals surface area contributed by atoms with Gasteiger partial charge in [0.1, 0.15) is 0 Å². The highest BCUT2D eigenvalue weighted by molar-refractivity contribution is 7.99. The Morgan fingerprint density at radius 2 is 1.92 bits per heavy atom. The van der Waals surface area contributed by atoms with E-state index in [2.05, 4.69) is 4.90 Å². The number of carboxylic acid groups (broad SMARTS) is 1. The predicted molar refractivity (Wildman–Crippen MR) is 100 cm³/mol. The second-order valence-corrected chi connectivity index (χ2v) is 7.88. The summed E-state index contributed by atoms with van der Waals surface area (Å²) in [6.07, 6.45) is 4.68. The number of hydrogen-bond acceptors (Lipinski definition) is 4. The van der Waals surface area contributed by atoms with Gasteiger partial charge in [0, 0.05) is 17.2 Å². The van der Waals surface area contributed by atoms with Crippen LogP contribution in [0.4, 0.5) is 5.69 Å². The number of anilines is 1. The number of carboxylic acids is 1. The Morgan fingerprint density at radius 1 is 1.16 bits per heavy atom. The molecule has 0 radical (unpaired) electrons. The van der Waals surface area contributed by atoms with Crippen molar-refractivity contribution in [3.05, 3.63) is 24.3 Å². The fourth-order valence-corrected chi connectivity index (χ4v) is 4.77. The maximum atomic E-state index is 13.0. The van der Waals surface area contributed by atoms with Crippen LogP contribution in [0.2, 0.25) is 0 Å². The van der Waals surface area contributed by atoms with Gasteiger partial charge in [-0.1, -0.05) is 18.6 Å². The largest absolute Gasteiger partial charge is 0.481 e. The number of rotatable bonds is 6. The minimum Gasteiger partial charge on any atom is -0.481 e. The monoisotopic (exact) mass is 362 g/mol. The number of carbonyl (C=O) groups is 2. The highest BCUT2D eigenvalue weighted by Gasteiger charge is 2.31. The number of para-hydroxylation sites is 1. The molecule has 0 spiro atoms. The Labute approximate surface area is 153 Å². The first-order chi connectivity index (χ1) is 12.1. The van der Waals surface area contributed by atoms with Crippen LogP contribution >= 0.6 is 11.8 Å². The number of fused-ring (bicyclic) bond motifs is 1. The van der Waals surface area contributed by atoms with Gasteiger partial charge in [-0.3, -0.25) is 9.59 Å². The Morgan fingerprint density at radius 3 is 2.68 bits per heavy atom. The lowest BCUT2D eigenvalue weighted by Gasteiger charge is -2.29. The van der Waals surface area contributed by atoms with Gasteiger partial charge in [0.15, 0.2) is 0 Å². The number of piperidine rings is 1. The highest BCUT2D eigenvalue weighted by Crippen LogP contribution is 2.36. The third-order valence-electron chi connectivity index (χ3n) is 4.94. The van der Waals surface area contributed by atoms with Crippen LogP contribution in [0.3, 0.4) is 0 Å². The van der Waals surface area contributed by atoms with Crippen molar-refractivity contribution in [1.82, 2.24) is 4.90 Å². The molecule has 0 bridgehead atoms. The van der Waals surface area contributed by atoms with Crippen molar-refractivity contribution in [3.8, 4) is 0 Å². The molecular weight excluding hydrogens is 336 g/mol. The van der Waals surface area contributed by atoms with Gasteiger partial charge in [-0.05, 0) is 51.0 Å². The normalized spacial score (nSPS) is 21.7. The molecule has 1 atom stereocenters. The third kappa shape index (κ3) is 4.76. The number of hydrogen-bond donors (Lipinski definition) is 1. The lowest BCUT2D eigenvalue weighted by atomic mass is 10.1. The van der Waals surface area contributed by atoms with E-state index >= 15 is 0 Å². The fraction of sp³-hybridized carbons (Fsp3) is 0.579. The molecule has 5 nitrogen and oxygen atoms in total. The topological polar surface area (TPSA) is 60.9 Å². The molecule has 25 heavy (non-hydrogen) atoms. The fourth-order valence-electron chi connectivity index (χ4n) is 3.63. The summed E-state index contributed by atoms with van der Waals surface area (Å²) in [6.45, 7) is 3.97. The number of likely N-dealkylation sites (tertiary alicyclic amines) is 1. The van der Waals surface area contributed by atoms with Crippen molar-refractivity contribution < 1.29 is 14.7 Å². The van der Waals surface area contributed by atoms with Crippen LogP contribution in [0.5, 0.6) is 0 Å². The molecule has 1 unspecified atom stereocenters. The van der Waals surface area contributed by atoms with Gasteiger partial charge in [0.25, 0.3) is 0 Å². The maximum absolute atomic E-state index is 13.0. The average molecular weight is 362 g/mol. The summed E-state index contributed by atoms with van der Waals surface area (Å²) in [5, 5.41) is 9.14. The van der Waals surface area contributed by atoms with E-state index in [4.69, 9.17) is 5.11 Å². The van der Waals surface area contributed by atoms with Crippen LogP contribution in [0.15, 0.2) is 29.2 Å². The van der Waals surface area contributed by atoms with E-state index in [1.54, 1.807) is 11.8 Å². The van der Waals surface area contributed by atoms with Crippen LogP contribution in [0.1, 0.15) is 32.1 Å². The van der Waals surface area contributed by atoms with E-state index in [1.165, 1.54) is 19.3 Å². The van der Waals surface area contributed by atoms with E-state index in [1.807, 2.05) is 29.2 Å². The van der Waals surface area contributed by atoms with Crippen molar-refractivity contribution in [2.45, 2.75) is 37.0 Å². The van der Waals surface area contributed by atoms with Gasteiger partial charge >= 0.3 is 5.97 Å². The first-order valence-corrected chi connectivity index (χ1v) is 10.1. The summed E-state index contributed by atoms with van der Waals surface area (Å²) in [7, 11) is 0. The van der Waals surface area contributed by atoms with Crippen molar-refractivity contribution in [2.75, 3.05) is 36.8 Å². The number of thioether (sulfide) groups is 1.